The summed E-state index contributed by atoms with van der Waals surface area (Å²) in [7, 11) is 0. The normalized spacial score (nSPS) is 12.4. The van der Waals surface area contributed by atoms with E-state index in [-0.39, 0.29) is 21.4 Å². The largest absolute Gasteiger partial charge is 0.452 e. The lowest BCUT2D eigenvalue weighted by molar-refractivity contribution is -0.152. The number of carbonyl (C=O) groups excluding carboxylic acids is 2. The van der Waals surface area contributed by atoms with Crippen LogP contribution >= 0.6 is 23.2 Å². The highest BCUT2D eigenvalue weighted by atomic mass is 35.5. The van der Waals surface area contributed by atoms with Crippen molar-refractivity contribution >= 4 is 40.9 Å². The number of ether oxygens (including phenoxy) is 1. The van der Waals surface area contributed by atoms with E-state index in [1.807, 2.05) is 0 Å². The maximum absolute atomic E-state index is 12.7. The number of esters is 1. The summed E-state index contributed by atoms with van der Waals surface area (Å²) in [5, 5.41) is 2.74. The monoisotopic (exact) mass is 420 g/mol. The Balaban J connectivity index is 1.96. The number of pyridine rings is 1. The number of nitrogens with zero attached hydrogens (tertiary/aromatic N) is 1. The number of carbonyl (C=O) groups is 2. The topological polar surface area (TPSA) is 68.3 Å². The number of amides is 1. The fourth-order valence-corrected chi connectivity index (χ4v) is 2.47. The summed E-state index contributed by atoms with van der Waals surface area (Å²) in [5.74, 6) is -1.52. The van der Waals surface area contributed by atoms with Crippen LogP contribution < -0.4 is 5.32 Å². The highest BCUT2D eigenvalue weighted by Gasteiger charge is 2.30. The molecule has 0 bridgehead atoms. The Bertz CT molecular complexity index is 860. The van der Waals surface area contributed by atoms with E-state index in [1.54, 1.807) is 0 Å². The van der Waals surface area contributed by atoms with Crippen molar-refractivity contribution in [2.24, 2.45) is 0 Å². The molecule has 0 saturated carbocycles. The molecule has 1 N–H and O–H groups in total. The van der Waals surface area contributed by atoms with Crippen molar-refractivity contribution < 1.29 is 27.5 Å². The zero-order valence-electron chi connectivity index (χ0n) is 13.8. The first kappa shape index (κ1) is 21.0. The van der Waals surface area contributed by atoms with Gasteiger partial charge in [0.2, 0.25) is 0 Å². The molecule has 1 amide bonds. The summed E-state index contributed by atoms with van der Waals surface area (Å²) in [6.07, 6.45) is -4.87. The van der Waals surface area contributed by atoms with Gasteiger partial charge in [-0.15, -0.1) is 0 Å². The second kappa shape index (κ2) is 8.58. The number of rotatable bonds is 5. The van der Waals surface area contributed by atoms with Gasteiger partial charge in [0.1, 0.15) is 0 Å². The van der Waals surface area contributed by atoms with Gasteiger partial charge in [0.15, 0.2) is 11.9 Å². The standard InChI is InChI=1S/C17H13Cl2F3N2O3/c1-9(16(26)24-15-13(19)7-12(18)8-23-15)27-14(25)6-10-3-2-4-11(5-10)17(20,21)22/h2-5,7-9H,6H2,1H3,(H,23,24,26)/t9-/m0/s1. The van der Waals surface area contributed by atoms with Crippen molar-refractivity contribution in [3.63, 3.8) is 0 Å². The molecule has 0 aliphatic rings. The average molecular weight is 421 g/mol. The fraction of sp³-hybridized carbons (Fsp3) is 0.235. The number of aromatic nitrogens is 1. The van der Waals surface area contributed by atoms with E-state index < -0.39 is 36.1 Å². The highest BCUT2D eigenvalue weighted by Crippen LogP contribution is 2.29. The van der Waals surface area contributed by atoms with Crippen LogP contribution in [0.2, 0.25) is 10.0 Å². The molecule has 0 aliphatic carbocycles. The first-order chi connectivity index (χ1) is 12.6. The molecule has 0 unspecified atom stereocenters. The molecule has 0 fully saturated rings. The van der Waals surface area contributed by atoms with Crippen molar-refractivity contribution in [2.75, 3.05) is 5.32 Å². The highest BCUT2D eigenvalue weighted by molar-refractivity contribution is 6.36. The summed E-state index contributed by atoms with van der Waals surface area (Å²) < 4.78 is 43.0. The SMILES string of the molecule is C[C@H](OC(=O)Cc1cccc(C(F)(F)F)c1)C(=O)Nc1ncc(Cl)cc1Cl. The third-order valence-corrected chi connectivity index (χ3v) is 3.82. The fourth-order valence-electron chi connectivity index (χ4n) is 2.04. The molecule has 0 saturated heterocycles. The molecule has 1 aromatic carbocycles. The van der Waals surface area contributed by atoms with Crippen LogP contribution in [0.3, 0.4) is 0 Å². The Morgan fingerprint density at radius 3 is 2.59 bits per heavy atom. The summed E-state index contributed by atoms with van der Waals surface area (Å²) in [5.41, 5.74) is -0.758. The Morgan fingerprint density at radius 2 is 1.96 bits per heavy atom. The molecular weight excluding hydrogens is 408 g/mol. The van der Waals surface area contributed by atoms with Crippen molar-refractivity contribution in [1.29, 1.82) is 0 Å². The third-order valence-electron chi connectivity index (χ3n) is 3.33. The van der Waals surface area contributed by atoms with Crippen LogP contribution in [0.15, 0.2) is 36.5 Å². The van der Waals surface area contributed by atoms with Crippen molar-refractivity contribution in [3.8, 4) is 0 Å². The summed E-state index contributed by atoms with van der Waals surface area (Å²) in [6.45, 7) is 1.31. The van der Waals surface area contributed by atoms with Gasteiger partial charge < -0.3 is 10.1 Å². The Morgan fingerprint density at radius 1 is 1.26 bits per heavy atom. The molecule has 27 heavy (non-hydrogen) atoms. The second-order valence-corrected chi connectivity index (χ2v) is 6.32. The third kappa shape index (κ3) is 6.11. The van der Waals surface area contributed by atoms with E-state index >= 15 is 0 Å². The molecule has 5 nitrogen and oxygen atoms in total. The van der Waals surface area contributed by atoms with E-state index in [0.717, 1.165) is 12.1 Å². The van der Waals surface area contributed by atoms with E-state index in [9.17, 15) is 22.8 Å². The minimum Gasteiger partial charge on any atom is -0.452 e. The van der Waals surface area contributed by atoms with E-state index in [0.29, 0.717) is 0 Å². The Hall–Kier alpha value is -2.32. The van der Waals surface area contributed by atoms with Gasteiger partial charge in [0, 0.05) is 6.20 Å². The van der Waals surface area contributed by atoms with Gasteiger partial charge in [0.25, 0.3) is 5.91 Å². The van der Waals surface area contributed by atoms with Crippen LogP contribution in [0.1, 0.15) is 18.1 Å². The molecular formula is C17H13Cl2F3N2O3. The summed E-state index contributed by atoms with van der Waals surface area (Å²) >= 11 is 11.6. The summed E-state index contributed by atoms with van der Waals surface area (Å²) in [4.78, 5) is 27.8. The van der Waals surface area contributed by atoms with Crippen molar-refractivity contribution in [1.82, 2.24) is 4.98 Å². The van der Waals surface area contributed by atoms with E-state index in [4.69, 9.17) is 27.9 Å². The quantitative estimate of drug-likeness (QED) is 0.721. The van der Waals surface area contributed by atoms with Crippen molar-refractivity contribution in [2.45, 2.75) is 25.6 Å². The van der Waals surface area contributed by atoms with Crippen LogP contribution in [0.25, 0.3) is 0 Å². The number of anilines is 1. The van der Waals surface area contributed by atoms with Gasteiger partial charge in [-0.2, -0.15) is 13.2 Å². The predicted octanol–water partition coefficient (Wildman–Crippen LogP) is 4.52. The first-order valence-corrected chi connectivity index (χ1v) is 8.29. The molecule has 0 spiro atoms. The smallest absolute Gasteiger partial charge is 0.416 e. The van der Waals surface area contributed by atoms with Gasteiger partial charge in [-0.05, 0) is 24.6 Å². The van der Waals surface area contributed by atoms with Gasteiger partial charge in [-0.25, -0.2) is 4.98 Å². The molecule has 1 heterocycles. The van der Waals surface area contributed by atoms with Crippen LogP contribution in [0.4, 0.5) is 19.0 Å². The maximum atomic E-state index is 12.7. The number of alkyl halides is 3. The first-order valence-electron chi connectivity index (χ1n) is 7.54. The minimum atomic E-state index is -4.52. The average Bonchev–Trinajstić information content (AvgIpc) is 2.56. The van der Waals surface area contributed by atoms with E-state index in [2.05, 4.69) is 10.3 Å². The maximum Gasteiger partial charge on any atom is 0.416 e. The zero-order valence-corrected chi connectivity index (χ0v) is 15.3. The Kier molecular flexibility index (Phi) is 6.67. The number of hydrogen-bond acceptors (Lipinski definition) is 4. The lowest BCUT2D eigenvalue weighted by Crippen LogP contribution is -2.30. The van der Waals surface area contributed by atoms with E-state index in [1.165, 1.54) is 31.3 Å². The molecule has 144 valence electrons. The van der Waals surface area contributed by atoms with Crippen LogP contribution in [0, 0.1) is 0 Å². The number of nitrogens with one attached hydrogen (secondary N) is 1. The number of benzene rings is 1. The number of hydrogen-bond donors (Lipinski definition) is 1. The molecule has 1 atom stereocenters. The molecule has 0 radical (unpaired) electrons. The minimum absolute atomic E-state index is 0.0341. The molecule has 2 aromatic rings. The molecule has 1 aromatic heterocycles. The molecule has 0 aliphatic heterocycles. The molecule has 10 heteroatoms. The molecule has 2 rings (SSSR count). The lowest BCUT2D eigenvalue weighted by Gasteiger charge is -2.14. The second-order valence-electron chi connectivity index (χ2n) is 5.48. The van der Waals surface area contributed by atoms with Gasteiger partial charge in [-0.1, -0.05) is 41.4 Å². The predicted molar refractivity (Wildman–Crippen MR) is 93.6 cm³/mol. The van der Waals surface area contributed by atoms with Gasteiger partial charge in [0.05, 0.1) is 22.0 Å². The van der Waals surface area contributed by atoms with Crippen LogP contribution in [0.5, 0.6) is 0 Å². The van der Waals surface area contributed by atoms with Crippen LogP contribution in [-0.2, 0) is 26.9 Å². The number of halogens is 5. The van der Waals surface area contributed by atoms with Crippen LogP contribution in [-0.4, -0.2) is 23.0 Å². The zero-order chi connectivity index (χ0) is 20.2. The van der Waals surface area contributed by atoms with Crippen molar-refractivity contribution in [3.05, 3.63) is 57.7 Å². The Labute approximate surface area is 162 Å². The lowest BCUT2D eigenvalue weighted by atomic mass is 10.1. The van der Waals surface area contributed by atoms with Gasteiger partial charge in [-0.3, -0.25) is 9.59 Å². The van der Waals surface area contributed by atoms with Gasteiger partial charge >= 0.3 is 12.1 Å². The summed E-state index contributed by atoms with van der Waals surface area (Å²) in [6, 6.07) is 5.67.